The van der Waals surface area contributed by atoms with Gasteiger partial charge in [-0.05, 0) is 30.3 Å². The van der Waals surface area contributed by atoms with Crippen LogP contribution in [0.3, 0.4) is 0 Å². The van der Waals surface area contributed by atoms with Crippen molar-refractivity contribution in [3.05, 3.63) is 76.7 Å². The lowest BCUT2D eigenvalue weighted by atomic mass is 10.1. The number of hydrogen-bond acceptors (Lipinski definition) is 3. The largest absolute Gasteiger partial charge is 0.321 e. The Morgan fingerprint density at radius 2 is 1.78 bits per heavy atom. The number of pyridine rings is 2. The molecule has 0 atom stereocenters. The van der Waals surface area contributed by atoms with Crippen LogP contribution in [0.5, 0.6) is 0 Å². The molecular formula is C17H11Cl2N3O. The minimum Gasteiger partial charge on any atom is -0.321 e. The van der Waals surface area contributed by atoms with Crippen LogP contribution in [0.2, 0.25) is 10.2 Å². The molecule has 1 amide bonds. The van der Waals surface area contributed by atoms with Crippen LogP contribution in [0.25, 0.3) is 11.3 Å². The fourth-order valence-corrected chi connectivity index (χ4v) is 2.41. The summed E-state index contributed by atoms with van der Waals surface area (Å²) in [5.41, 5.74) is 2.44. The smallest absolute Gasteiger partial charge is 0.258 e. The zero-order chi connectivity index (χ0) is 16.2. The zero-order valence-corrected chi connectivity index (χ0v) is 13.3. The maximum absolute atomic E-state index is 12.4. The number of nitrogens with one attached hydrogen (secondary N) is 1. The minimum absolute atomic E-state index is 0.159. The van der Waals surface area contributed by atoms with E-state index in [0.717, 1.165) is 5.56 Å². The van der Waals surface area contributed by atoms with Crippen molar-refractivity contribution in [2.75, 3.05) is 5.32 Å². The van der Waals surface area contributed by atoms with E-state index in [1.165, 1.54) is 6.20 Å². The van der Waals surface area contributed by atoms with E-state index in [4.69, 9.17) is 23.2 Å². The van der Waals surface area contributed by atoms with Gasteiger partial charge in [0.05, 0.1) is 22.0 Å². The highest BCUT2D eigenvalue weighted by Gasteiger charge is 2.13. The fraction of sp³-hybridized carbons (Fsp3) is 0. The highest BCUT2D eigenvalue weighted by molar-refractivity contribution is 6.33. The summed E-state index contributed by atoms with van der Waals surface area (Å²) in [5.74, 6) is -0.329. The van der Waals surface area contributed by atoms with Gasteiger partial charge in [-0.15, -0.1) is 0 Å². The molecule has 0 aliphatic carbocycles. The van der Waals surface area contributed by atoms with Crippen LogP contribution in [0, 0.1) is 0 Å². The van der Waals surface area contributed by atoms with Gasteiger partial charge in [0.25, 0.3) is 5.91 Å². The molecule has 0 bridgehead atoms. The van der Waals surface area contributed by atoms with Gasteiger partial charge in [0, 0.05) is 18.0 Å². The predicted molar refractivity (Wildman–Crippen MR) is 91.9 cm³/mol. The van der Waals surface area contributed by atoms with Gasteiger partial charge in [0.2, 0.25) is 0 Å². The molecule has 3 rings (SSSR count). The summed E-state index contributed by atoms with van der Waals surface area (Å²) in [7, 11) is 0. The molecule has 0 saturated heterocycles. The van der Waals surface area contributed by atoms with Crippen LogP contribution in [0.15, 0.2) is 60.9 Å². The average molecular weight is 344 g/mol. The highest BCUT2D eigenvalue weighted by Crippen LogP contribution is 2.27. The maximum atomic E-state index is 12.4. The number of anilines is 1. The van der Waals surface area contributed by atoms with E-state index in [9.17, 15) is 4.79 Å². The number of carbonyl (C=O) groups excluding carboxylic acids is 1. The van der Waals surface area contributed by atoms with Crippen LogP contribution >= 0.6 is 23.2 Å². The third kappa shape index (κ3) is 3.50. The Morgan fingerprint density at radius 3 is 2.52 bits per heavy atom. The van der Waals surface area contributed by atoms with Crippen LogP contribution in [0.1, 0.15) is 10.4 Å². The Kier molecular flexibility index (Phi) is 4.55. The normalized spacial score (nSPS) is 10.3. The van der Waals surface area contributed by atoms with E-state index in [1.54, 1.807) is 36.5 Å². The van der Waals surface area contributed by atoms with Gasteiger partial charge in [0.15, 0.2) is 0 Å². The Labute approximate surface area is 143 Å². The second-order valence-electron chi connectivity index (χ2n) is 4.70. The molecule has 0 radical (unpaired) electrons. The number of rotatable bonds is 3. The number of benzene rings is 1. The van der Waals surface area contributed by atoms with Crippen molar-refractivity contribution in [2.45, 2.75) is 0 Å². The second kappa shape index (κ2) is 6.77. The summed E-state index contributed by atoms with van der Waals surface area (Å²) in [6, 6.07) is 14.2. The van der Waals surface area contributed by atoms with E-state index >= 15 is 0 Å². The third-order valence-corrected chi connectivity index (χ3v) is 3.71. The fourth-order valence-electron chi connectivity index (χ4n) is 2.10. The molecule has 3 aromatic rings. The lowest BCUT2D eigenvalue weighted by Crippen LogP contribution is -2.13. The van der Waals surface area contributed by atoms with Crippen molar-refractivity contribution in [3.63, 3.8) is 0 Å². The summed E-state index contributed by atoms with van der Waals surface area (Å²) in [5, 5.41) is 3.56. The van der Waals surface area contributed by atoms with Crippen molar-refractivity contribution in [1.82, 2.24) is 9.97 Å². The van der Waals surface area contributed by atoms with Crippen molar-refractivity contribution in [2.24, 2.45) is 0 Å². The van der Waals surface area contributed by atoms with Crippen LogP contribution < -0.4 is 5.32 Å². The predicted octanol–water partition coefficient (Wildman–Crippen LogP) is 4.70. The molecule has 1 aromatic carbocycles. The number of carbonyl (C=O) groups is 1. The molecule has 114 valence electrons. The maximum Gasteiger partial charge on any atom is 0.258 e. The van der Waals surface area contributed by atoms with E-state index in [2.05, 4.69) is 15.3 Å². The molecule has 0 fully saturated rings. The first-order valence-electron chi connectivity index (χ1n) is 6.78. The first-order valence-corrected chi connectivity index (χ1v) is 7.53. The Balaban J connectivity index is 1.94. The Hall–Kier alpha value is -2.43. The van der Waals surface area contributed by atoms with Crippen LogP contribution in [-0.4, -0.2) is 15.9 Å². The summed E-state index contributed by atoms with van der Waals surface area (Å²) < 4.78 is 0. The summed E-state index contributed by atoms with van der Waals surface area (Å²) in [6.07, 6.45) is 3.10. The third-order valence-electron chi connectivity index (χ3n) is 3.18. The SMILES string of the molecule is O=C(Nc1ccccc1-c1ccc(Cl)cn1)c1cccnc1Cl. The first-order chi connectivity index (χ1) is 11.1. The highest BCUT2D eigenvalue weighted by atomic mass is 35.5. The lowest BCUT2D eigenvalue weighted by molar-refractivity contribution is 0.102. The van der Waals surface area contributed by atoms with Gasteiger partial charge in [-0.2, -0.15) is 0 Å². The standard InChI is InChI=1S/C17H11Cl2N3O/c18-11-7-8-14(21-10-11)12-4-1-2-6-15(12)22-17(23)13-5-3-9-20-16(13)19/h1-10H,(H,22,23). The van der Waals surface area contributed by atoms with E-state index in [0.29, 0.717) is 22.0 Å². The van der Waals surface area contributed by atoms with E-state index in [-0.39, 0.29) is 11.1 Å². The number of hydrogen-bond donors (Lipinski definition) is 1. The van der Waals surface area contributed by atoms with Gasteiger partial charge < -0.3 is 5.32 Å². The molecule has 1 N–H and O–H groups in total. The molecule has 0 unspecified atom stereocenters. The van der Waals surface area contributed by atoms with Gasteiger partial charge >= 0.3 is 0 Å². The van der Waals surface area contributed by atoms with Crippen molar-refractivity contribution in [1.29, 1.82) is 0 Å². The van der Waals surface area contributed by atoms with Gasteiger partial charge in [0.1, 0.15) is 5.15 Å². The van der Waals surface area contributed by atoms with E-state index in [1.807, 2.05) is 18.2 Å². The molecule has 2 aromatic heterocycles. The second-order valence-corrected chi connectivity index (χ2v) is 5.50. The number of amides is 1. The summed E-state index contributed by atoms with van der Waals surface area (Å²) >= 11 is 11.8. The zero-order valence-electron chi connectivity index (χ0n) is 11.8. The van der Waals surface area contributed by atoms with Crippen LogP contribution in [0.4, 0.5) is 5.69 Å². The number of halogens is 2. The quantitative estimate of drug-likeness (QED) is 0.701. The van der Waals surface area contributed by atoms with Crippen molar-refractivity contribution in [3.8, 4) is 11.3 Å². The number of aromatic nitrogens is 2. The number of para-hydroxylation sites is 1. The first kappa shape index (κ1) is 15.5. The minimum atomic E-state index is -0.329. The van der Waals surface area contributed by atoms with Crippen LogP contribution in [-0.2, 0) is 0 Å². The van der Waals surface area contributed by atoms with E-state index < -0.39 is 0 Å². The molecule has 0 spiro atoms. The average Bonchev–Trinajstić information content (AvgIpc) is 2.56. The summed E-state index contributed by atoms with van der Waals surface area (Å²) in [4.78, 5) is 20.6. The molecule has 0 aliphatic rings. The molecular weight excluding hydrogens is 333 g/mol. The molecule has 0 saturated carbocycles. The molecule has 6 heteroatoms. The molecule has 23 heavy (non-hydrogen) atoms. The monoisotopic (exact) mass is 343 g/mol. The lowest BCUT2D eigenvalue weighted by Gasteiger charge is -2.11. The van der Waals surface area contributed by atoms with Gasteiger partial charge in [-0.3, -0.25) is 9.78 Å². The molecule has 0 aliphatic heterocycles. The topological polar surface area (TPSA) is 54.9 Å². The summed E-state index contributed by atoms with van der Waals surface area (Å²) in [6.45, 7) is 0. The number of nitrogens with zero attached hydrogens (tertiary/aromatic N) is 2. The molecule has 4 nitrogen and oxygen atoms in total. The Bertz CT molecular complexity index is 850. The van der Waals surface area contributed by atoms with Crippen molar-refractivity contribution < 1.29 is 4.79 Å². The van der Waals surface area contributed by atoms with Gasteiger partial charge in [-0.1, -0.05) is 41.4 Å². The molecule has 2 heterocycles. The van der Waals surface area contributed by atoms with Crippen molar-refractivity contribution >= 4 is 34.8 Å². The van der Waals surface area contributed by atoms with Gasteiger partial charge in [-0.25, -0.2) is 4.98 Å². The Morgan fingerprint density at radius 1 is 0.957 bits per heavy atom.